The molecule has 3 heterocycles. The van der Waals surface area contributed by atoms with E-state index < -0.39 is 4.92 Å². The van der Waals surface area contributed by atoms with Crippen molar-refractivity contribution in [3.05, 3.63) is 59.0 Å². The predicted octanol–water partition coefficient (Wildman–Crippen LogP) is 5.32. The molecule has 0 spiro atoms. The maximum absolute atomic E-state index is 10.9. The van der Waals surface area contributed by atoms with Crippen molar-refractivity contribution in [2.75, 3.05) is 23.3 Å². The van der Waals surface area contributed by atoms with Crippen molar-refractivity contribution in [1.29, 1.82) is 0 Å². The lowest BCUT2D eigenvalue weighted by Gasteiger charge is -2.38. The number of nitrogens with one attached hydrogen (secondary N) is 1. The number of hydrogen-bond donors (Lipinski definition) is 1. The first-order valence-electron chi connectivity index (χ1n) is 12.1. The van der Waals surface area contributed by atoms with Gasteiger partial charge in [0, 0.05) is 24.7 Å². The minimum absolute atomic E-state index is 0.0737. The molecule has 1 saturated heterocycles. The molecule has 3 aromatic rings. The van der Waals surface area contributed by atoms with Gasteiger partial charge in [0.2, 0.25) is 5.95 Å². The number of benzene rings is 1. The third-order valence-corrected chi connectivity index (χ3v) is 7.06. The van der Waals surface area contributed by atoms with Crippen LogP contribution in [0.1, 0.15) is 44.9 Å². The predicted molar refractivity (Wildman–Crippen MR) is 130 cm³/mol. The Morgan fingerprint density at radius 2 is 1.82 bits per heavy atom. The van der Waals surface area contributed by atoms with E-state index in [4.69, 9.17) is 4.42 Å². The van der Waals surface area contributed by atoms with Crippen molar-refractivity contribution in [3.63, 3.8) is 0 Å². The van der Waals surface area contributed by atoms with Crippen molar-refractivity contribution in [1.82, 2.24) is 15.0 Å². The van der Waals surface area contributed by atoms with E-state index in [1.807, 2.05) is 30.3 Å². The van der Waals surface area contributed by atoms with Crippen LogP contribution in [0.5, 0.6) is 0 Å². The molecule has 2 aromatic heterocycles. The first-order valence-corrected chi connectivity index (χ1v) is 12.1. The third-order valence-electron chi connectivity index (χ3n) is 7.06. The van der Waals surface area contributed by atoms with E-state index in [9.17, 15) is 10.1 Å². The van der Waals surface area contributed by atoms with E-state index in [2.05, 4.69) is 25.2 Å². The fourth-order valence-electron chi connectivity index (χ4n) is 5.35. The monoisotopic (exact) mass is 462 g/mol. The number of nitrogens with zero attached hydrogens (tertiary/aromatic N) is 5. The van der Waals surface area contributed by atoms with Gasteiger partial charge in [0.15, 0.2) is 5.76 Å². The zero-order valence-corrected chi connectivity index (χ0v) is 19.2. The Morgan fingerprint density at radius 3 is 2.62 bits per heavy atom. The molecular formula is C25H30N6O3. The molecule has 0 amide bonds. The Kier molecular flexibility index (Phi) is 6.69. The summed E-state index contributed by atoms with van der Waals surface area (Å²) in [6.45, 7) is 1.78. The number of aromatic nitrogens is 3. The molecule has 9 heteroatoms. The molecule has 34 heavy (non-hydrogen) atoms. The highest BCUT2D eigenvalue weighted by Crippen LogP contribution is 2.35. The van der Waals surface area contributed by atoms with Crippen molar-refractivity contribution in [2.45, 2.75) is 51.0 Å². The van der Waals surface area contributed by atoms with Crippen LogP contribution in [0.25, 0.3) is 11.3 Å². The lowest BCUT2D eigenvalue weighted by molar-refractivity contribution is -0.385. The minimum Gasteiger partial charge on any atom is -0.424 e. The number of anilines is 2. The highest BCUT2D eigenvalue weighted by molar-refractivity contribution is 5.57. The molecule has 0 unspecified atom stereocenters. The molecule has 1 aliphatic heterocycles. The Balaban J connectivity index is 1.21. The second-order valence-corrected chi connectivity index (χ2v) is 9.38. The maximum Gasteiger partial charge on any atom is 0.305 e. The summed E-state index contributed by atoms with van der Waals surface area (Å²) in [5.74, 6) is 2.47. The Morgan fingerprint density at radius 1 is 1.03 bits per heavy atom. The van der Waals surface area contributed by atoms with Crippen LogP contribution < -0.4 is 10.2 Å². The largest absolute Gasteiger partial charge is 0.424 e. The van der Waals surface area contributed by atoms with Crippen molar-refractivity contribution in [2.24, 2.45) is 11.8 Å². The second-order valence-electron chi connectivity index (χ2n) is 9.38. The zero-order chi connectivity index (χ0) is 23.3. The van der Waals surface area contributed by atoms with E-state index in [0.717, 1.165) is 43.7 Å². The fraction of sp³-hybridized carbons (Fsp3) is 0.480. The summed E-state index contributed by atoms with van der Waals surface area (Å²) >= 11 is 0. The number of nitro groups is 1. The fourth-order valence-corrected chi connectivity index (χ4v) is 5.35. The SMILES string of the molecule is O=[N+]([O-])c1cnc(N2CCC[C@H](C[C@@H]3CCCC[C@H]3Nc3ncc(-c4ccccc4)o3)C2)nc1. The van der Waals surface area contributed by atoms with Gasteiger partial charge in [-0.05, 0) is 43.9 Å². The standard InChI is InChI=1S/C25H30N6O3/c32-31(33)21-14-26-24(27-15-21)30-12-6-7-18(17-30)13-20-10-4-5-11-22(20)29-25-28-16-23(34-25)19-8-2-1-3-9-19/h1-3,8-9,14-16,18,20,22H,4-7,10-13,17H2,(H,28,29)/t18-,20+,22-/m1/s1. The zero-order valence-electron chi connectivity index (χ0n) is 19.2. The second kappa shape index (κ2) is 10.2. The summed E-state index contributed by atoms with van der Waals surface area (Å²) in [6.07, 6.45) is 12.6. The molecule has 1 aliphatic carbocycles. The first kappa shape index (κ1) is 22.3. The summed E-state index contributed by atoms with van der Waals surface area (Å²) in [7, 11) is 0. The number of hydrogen-bond acceptors (Lipinski definition) is 8. The van der Waals surface area contributed by atoms with E-state index in [1.165, 1.54) is 38.1 Å². The van der Waals surface area contributed by atoms with Crippen molar-refractivity contribution < 1.29 is 9.34 Å². The molecule has 5 rings (SSSR count). The average Bonchev–Trinajstić information content (AvgIpc) is 3.35. The van der Waals surface area contributed by atoms with Gasteiger partial charge in [-0.3, -0.25) is 10.1 Å². The van der Waals surface area contributed by atoms with Crippen molar-refractivity contribution >= 4 is 17.7 Å². The van der Waals surface area contributed by atoms with Gasteiger partial charge in [-0.2, -0.15) is 0 Å². The summed E-state index contributed by atoms with van der Waals surface area (Å²) in [5, 5.41) is 14.5. The lowest BCUT2D eigenvalue weighted by Crippen LogP contribution is -2.40. The van der Waals surface area contributed by atoms with E-state index in [0.29, 0.717) is 29.8 Å². The molecule has 1 saturated carbocycles. The van der Waals surface area contributed by atoms with Gasteiger partial charge in [0.25, 0.3) is 6.01 Å². The van der Waals surface area contributed by atoms with E-state index in [1.54, 1.807) is 6.20 Å². The van der Waals surface area contributed by atoms with Gasteiger partial charge in [0.05, 0.1) is 11.1 Å². The highest BCUT2D eigenvalue weighted by atomic mass is 16.6. The van der Waals surface area contributed by atoms with Gasteiger partial charge < -0.3 is 14.6 Å². The summed E-state index contributed by atoms with van der Waals surface area (Å²) < 4.78 is 6.02. The Labute approximate surface area is 198 Å². The normalized spacial score (nSPS) is 22.9. The van der Waals surface area contributed by atoms with Gasteiger partial charge in [-0.1, -0.05) is 43.2 Å². The van der Waals surface area contributed by atoms with E-state index >= 15 is 0 Å². The van der Waals surface area contributed by atoms with Gasteiger partial charge in [-0.15, -0.1) is 0 Å². The number of piperidine rings is 1. The van der Waals surface area contributed by atoms with Crippen molar-refractivity contribution in [3.8, 4) is 11.3 Å². The lowest BCUT2D eigenvalue weighted by atomic mass is 9.77. The van der Waals surface area contributed by atoms with Crippen LogP contribution in [0.15, 0.2) is 53.3 Å². The number of rotatable bonds is 7. The molecule has 0 radical (unpaired) electrons. The van der Waals surface area contributed by atoms with Crippen LogP contribution in [-0.4, -0.2) is 39.0 Å². The first-order chi connectivity index (χ1) is 16.7. The quantitative estimate of drug-likeness (QED) is 0.371. The van der Waals surface area contributed by atoms with E-state index in [-0.39, 0.29) is 5.69 Å². The summed E-state index contributed by atoms with van der Waals surface area (Å²) in [4.78, 5) is 25.6. The van der Waals surface area contributed by atoms with Crippen LogP contribution in [0.3, 0.4) is 0 Å². The molecule has 178 valence electrons. The van der Waals surface area contributed by atoms with Crippen LogP contribution in [-0.2, 0) is 0 Å². The minimum atomic E-state index is -0.463. The molecule has 0 bridgehead atoms. The highest BCUT2D eigenvalue weighted by Gasteiger charge is 2.31. The van der Waals surface area contributed by atoms with Crippen LogP contribution >= 0.6 is 0 Å². The average molecular weight is 463 g/mol. The summed E-state index contributed by atoms with van der Waals surface area (Å²) in [6, 6.07) is 11.0. The molecule has 1 N–H and O–H groups in total. The molecule has 3 atom stereocenters. The van der Waals surface area contributed by atoms with Gasteiger partial charge >= 0.3 is 5.69 Å². The third kappa shape index (κ3) is 5.18. The van der Waals surface area contributed by atoms with Crippen LogP contribution in [0.2, 0.25) is 0 Å². The molecule has 2 fully saturated rings. The van der Waals surface area contributed by atoms with Crippen LogP contribution in [0, 0.1) is 22.0 Å². The summed E-state index contributed by atoms with van der Waals surface area (Å²) in [5.41, 5.74) is 0.953. The number of oxazole rings is 1. The smallest absolute Gasteiger partial charge is 0.305 e. The molecule has 1 aromatic carbocycles. The maximum atomic E-state index is 10.9. The topological polar surface area (TPSA) is 110 Å². The molecule has 2 aliphatic rings. The molecule has 9 nitrogen and oxygen atoms in total. The van der Waals surface area contributed by atoms with Gasteiger partial charge in [0.1, 0.15) is 12.4 Å². The van der Waals surface area contributed by atoms with Crippen LogP contribution in [0.4, 0.5) is 17.7 Å². The Hall–Kier alpha value is -3.49. The van der Waals surface area contributed by atoms with Gasteiger partial charge in [-0.25, -0.2) is 15.0 Å². The molecular weight excluding hydrogens is 432 g/mol. The Bertz CT molecular complexity index is 1090.